The van der Waals surface area contributed by atoms with Crippen molar-refractivity contribution in [3.63, 3.8) is 0 Å². The molecular weight excluding hydrogens is 106 g/mol. The lowest BCUT2D eigenvalue weighted by atomic mass is 10.4. The van der Waals surface area contributed by atoms with Crippen LogP contribution in [-0.4, -0.2) is 30.6 Å². The molecule has 0 heterocycles. The Labute approximate surface area is 48.7 Å². The number of hydrogen-bond donors (Lipinski definition) is 2. The molecule has 0 saturated heterocycles. The third-order valence-corrected chi connectivity index (χ3v) is 0.761. The van der Waals surface area contributed by atoms with Crippen LogP contribution >= 0.6 is 0 Å². The fourth-order valence-electron chi connectivity index (χ4n) is 0.340. The third kappa shape index (κ3) is 3.77. The highest BCUT2D eigenvalue weighted by Crippen LogP contribution is 1.69. The average Bonchev–Trinajstić information content (AvgIpc) is 1.83. The monoisotopic (exact) mass is 117 g/mol. The van der Waals surface area contributed by atoms with Crippen LogP contribution in [0.15, 0.2) is 0 Å². The van der Waals surface area contributed by atoms with Gasteiger partial charge in [0.2, 0.25) is 0 Å². The number of hydrogen-bond acceptors (Lipinski definition) is 3. The van der Waals surface area contributed by atoms with Crippen LogP contribution in [0.3, 0.4) is 0 Å². The molecule has 0 saturated carbocycles. The number of aldehydes is 1. The van der Waals surface area contributed by atoms with Gasteiger partial charge in [-0.05, 0) is 6.54 Å². The minimum Gasteiger partial charge on any atom is -0.384 e. The number of aliphatic hydroxyl groups excluding tert-OH is 1. The van der Waals surface area contributed by atoms with Crippen molar-refractivity contribution >= 4 is 6.29 Å². The Morgan fingerprint density at radius 1 is 1.88 bits per heavy atom. The molecule has 1 atom stereocenters. The second-order valence-corrected chi connectivity index (χ2v) is 1.51. The van der Waals surface area contributed by atoms with Crippen LogP contribution in [0.4, 0.5) is 0 Å². The minimum absolute atomic E-state index is 0.361. The topological polar surface area (TPSA) is 49.3 Å². The highest BCUT2D eigenvalue weighted by molar-refractivity contribution is 5.55. The highest BCUT2D eigenvalue weighted by atomic mass is 16.3. The first-order valence-corrected chi connectivity index (χ1v) is 2.65. The van der Waals surface area contributed by atoms with Crippen molar-refractivity contribution in [3.05, 3.63) is 0 Å². The summed E-state index contributed by atoms with van der Waals surface area (Å²) in [6.45, 7) is 3.06. The standard InChI is InChI=1S/C5H11NO2/c1-2-6-3-5(8)4-7/h4-6,8H,2-3H2,1H3/t5-/m0/s1. The molecular formula is C5H11NO2. The number of carbonyl (C=O) groups is 1. The van der Waals surface area contributed by atoms with Gasteiger partial charge in [0, 0.05) is 6.54 Å². The van der Waals surface area contributed by atoms with Crippen LogP contribution < -0.4 is 5.32 Å². The average molecular weight is 117 g/mol. The van der Waals surface area contributed by atoms with Gasteiger partial charge in [0.1, 0.15) is 12.4 Å². The van der Waals surface area contributed by atoms with Crippen LogP contribution in [0.25, 0.3) is 0 Å². The van der Waals surface area contributed by atoms with E-state index in [-0.39, 0.29) is 0 Å². The van der Waals surface area contributed by atoms with Crippen LogP contribution in [0, 0.1) is 0 Å². The zero-order valence-corrected chi connectivity index (χ0v) is 4.92. The first-order valence-electron chi connectivity index (χ1n) is 2.65. The Morgan fingerprint density at radius 2 is 2.50 bits per heavy atom. The van der Waals surface area contributed by atoms with Crippen molar-refractivity contribution in [2.45, 2.75) is 13.0 Å². The van der Waals surface area contributed by atoms with Crippen LogP contribution in [0.2, 0.25) is 0 Å². The molecule has 3 heteroatoms. The molecule has 8 heavy (non-hydrogen) atoms. The molecule has 0 aliphatic heterocycles. The smallest absolute Gasteiger partial charge is 0.149 e. The van der Waals surface area contributed by atoms with E-state index < -0.39 is 6.10 Å². The van der Waals surface area contributed by atoms with Gasteiger partial charge in [-0.15, -0.1) is 0 Å². The molecule has 0 aromatic heterocycles. The predicted octanol–water partition coefficient (Wildman–Crippen LogP) is -0.844. The van der Waals surface area contributed by atoms with Crippen LogP contribution in [0.1, 0.15) is 6.92 Å². The van der Waals surface area contributed by atoms with Crippen molar-refractivity contribution in [1.82, 2.24) is 5.32 Å². The Kier molecular flexibility index (Phi) is 4.50. The fraction of sp³-hybridized carbons (Fsp3) is 0.800. The number of rotatable bonds is 4. The van der Waals surface area contributed by atoms with Gasteiger partial charge in [-0.2, -0.15) is 0 Å². The summed E-state index contributed by atoms with van der Waals surface area (Å²) in [7, 11) is 0. The van der Waals surface area contributed by atoms with E-state index in [2.05, 4.69) is 5.32 Å². The van der Waals surface area contributed by atoms with Crippen LogP contribution in [0.5, 0.6) is 0 Å². The lowest BCUT2D eigenvalue weighted by Crippen LogP contribution is -2.27. The molecule has 0 amide bonds. The van der Waals surface area contributed by atoms with Crippen molar-refractivity contribution in [2.24, 2.45) is 0 Å². The van der Waals surface area contributed by atoms with Crippen molar-refractivity contribution in [3.8, 4) is 0 Å². The van der Waals surface area contributed by atoms with Gasteiger partial charge in [0.05, 0.1) is 0 Å². The van der Waals surface area contributed by atoms with Gasteiger partial charge in [0.25, 0.3) is 0 Å². The summed E-state index contributed by atoms with van der Waals surface area (Å²) in [5.41, 5.74) is 0. The van der Waals surface area contributed by atoms with Gasteiger partial charge in [-0.3, -0.25) is 0 Å². The van der Waals surface area contributed by atoms with E-state index >= 15 is 0 Å². The lowest BCUT2D eigenvalue weighted by Gasteiger charge is -2.00. The van der Waals surface area contributed by atoms with Gasteiger partial charge < -0.3 is 15.2 Å². The van der Waals surface area contributed by atoms with Crippen molar-refractivity contribution in [1.29, 1.82) is 0 Å². The van der Waals surface area contributed by atoms with E-state index in [0.29, 0.717) is 12.8 Å². The quantitative estimate of drug-likeness (QED) is 0.472. The van der Waals surface area contributed by atoms with Gasteiger partial charge in [0.15, 0.2) is 0 Å². The number of carbonyl (C=O) groups excluding carboxylic acids is 1. The Morgan fingerprint density at radius 3 is 2.88 bits per heavy atom. The van der Waals surface area contributed by atoms with Crippen molar-refractivity contribution < 1.29 is 9.90 Å². The molecule has 0 spiro atoms. The van der Waals surface area contributed by atoms with Crippen molar-refractivity contribution in [2.75, 3.05) is 13.1 Å². The molecule has 0 rings (SSSR count). The maximum absolute atomic E-state index is 9.72. The normalized spacial score (nSPS) is 13.2. The molecule has 3 nitrogen and oxygen atoms in total. The molecule has 0 aromatic carbocycles. The van der Waals surface area contributed by atoms with Crippen LogP contribution in [-0.2, 0) is 4.79 Å². The number of likely N-dealkylation sites (N-methyl/N-ethyl adjacent to an activating group) is 1. The first-order chi connectivity index (χ1) is 3.81. The summed E-state index contributed by atoms with van der Waals surface area (Å²) in [4.78, 5) is 9.72. The van der Waals surface area contributed by atoms with Gasteiger partial charge in [-0.1, -0.05) is 6.92 Å². The number of aliphatic hydroxyl groups is 1. The zero-order valence-electron chi connectivity index (χ0n) is 4.92. The van der Waals surface area contributed by atoms with E-state index in [4.69, 9.17) is 5.11 Å². The number of nitrogens with one attached hydrogen (secondary N) is 1. The van der Waals surface area contributed by atoms with Gasteiger partial charge in [-0.25, -0.2) is 0 Å². The summed E-state index contributed by atoms with van der Waals surface area (Å²) in [5.74, 6) is 0. The van der Waals surface area contributed by atoms with E-state index in [0.717, 1.165) is 6.54 Å². The summed E-state index contributed by atoms with van der Waals surface area (Å²) in [5, 5.41) is 11.4. The molecule has 0 unspecified atom stereocenters. The Bertz CT molecular complexity index is 65.4. The maximum Gasteiger partial charge on any atom is 0.149 e. The SMILES string of the molecule is CCNC[C@H](O)C=O. The highest BCUT2D eigenvalue weighted by Gasteiger charge is 1.96. The summed E-state index contributed by atoms with van der Waals surface area (Å²) in [6.07, 6.45) is -0.321. The fourth-order valence-corrected chi connectivity index (χ4v) is 0.340. The lowest BCUT2D eigenvalue weighted by molar-refractivity contribution is -0.114. The second kappa shape index (κ2) is 4.74. The van der Waals surface area contributed by atoms with E-state index in [1.54, 1.807) is 0 Å². The predicted molar refractivity (Wildman–Crippen MR) is 30.6 cm³/mol. The zero-order chi connectivity index (χ0) is 6.41. The van der Waals surface area contributed by atoms with Gasteiger partial charge >= 0.3 is 0 Å². The first kappa shape index (κ1) is 7.59. The van der Waals surface area contributed by atoms with E-state index in [9.17, 15) is 4.79 Å². The molecule has 0 aliphatic rings. The molecule has 0 aliphatic carbocycles. The molecule has 0 radical (unpaired) electrons. The molecule has 2 N–H and O–H groups in total. The molecule has 48 valence electrons. The second-order valence-electron chi connectivity index (χ2n) is 1.51. The summed E-state index contributed by atoms with van der Waals surface area (Å²) < 4.78 is 0. The Balaban J connectivity index is 2.98. The van der Waals surface area contributed by atoms with E-state index in [1.165, 1.54) is 0 Å². The molecule has 0 fully saturated rings. The molecule has 0 bridgehead atoms. The summed E-state index contributed by atoms with van der Waals surface area (Å²) in [6, 6.07) is 0. The largest absolute Gasteiger partial charge is 0.384 e. The summed E-state index contributed by atoms with van der Waals surface area (Å²) >= 11 is 0. The third-order valence-electron chi connectivity index (χ3n) is 0.761. The minimum atomic E-state index is -0.838. The van der Waals surface area contributed by atoms with E-state index in [1.807, 2.05) is 6.92 Å². The molecule has 0 aromatic rings. The maximum atomic E-state index is 9.72. The Hall–Kier alpha value is -0.410.